The average molecular weight is 477 g/mol. The number of ether oxygens (including phenoxy) is 1. The van der Waals surface area contributed by atoms with Gasteiger partial charge >= 0.3 is 0 Å². The van der Waals surface area contributed by atoms with Crippen LogP contribution in [0.25, 0.3) is 0 Å². The van der Waals surface area contributed by atoms with Crippen LogP contribution in [0.15, 0.2) is 53.4 Å². The lowest BCUT2D eigenvalue weighted by Crippen LogP contribution is -2.44. The maximum Gasteiger partial charge on any atom is 0.243 e. The Balaban J connectivity index is 1.58. The summed E-state index contributed by atoms with van der Waals surface area (Å²) >= 11 is 0. The molecule has 1 aliphatic rings. The quantitative estimate of drug-likeness (QED) is 0.568. The number of nitrogens with one attached hydrogen (secondary N) is 1. The number of halogens is 1. The summed E-state index contributed by atoms with van der Waals surface area (Å²) in [6.45, 7) is 6.16. The molecule has 33 heavy (non-hydrogen) atoms. The number of carbonyl (C=O) groups is 1. The number of sulfonamides is 1. The second-order valence-electron chi connectivity index (χ2n) is 8.41. The van der Waals surface area contributed by atoms with Gasteiger partial charge in [0.05, 0.1) is 4.90 Å². The van der Waals surface area contributed by atoms with Crippen molar-refractivity contribution in [2.75, 3.05) is 32.8 Å². The van der Waals surface area contributed by atoms with Crippen LogP contribution in [0.1, 0.15) is 44.2 Å². The highest BCUT2D eigenvalue weighted by atomic mass is 32.2. The first-order chi connectivity index (χ1) is 15.8. The molecule has 0 spiro atoms. The number of rotatable bonds is 10. The van der Waals surface area contributed by atoms with Crippen LogP contribution in [0.5, 0.6) is 0 Å². The van der Waals surface area contributed by atoms with Crippen LogP contribution < -0.4 is 5.32 Å². The van der Waals surface area contributed by atoms with Gasteiger partial charge in [0.2, 0.25) is 15.9 Å². The lowest BCUT2D eigenvalue weighted by atomic mass is 9.74. The van der Waals surface area contributed by atoms with Gasteiger partial charge in [0, 0.05) is 44.7 Å². The second-order valence-corrected chi connectivity index (χ2v) is 10.3. The molecule has 0 radical (unpaired) electrons. The van der Waals surface area contributed by atoms with Crippen LogP contribution >= 0.6 is 0 Å². The van der Waals surface area contributed by atoms with Crippen LogP contribution in [0.4, 0.5) is 4.39 Å². The molecule has 0 aromatic heterocycles. The first-order valence-corrected chi connectivity index (χ1v) is 12.9. The molecule has 2 aromatic rings. The number of aryl methyl sites for hydroxylation is 1. The van der Waals surface area contributed by atoms with E-state index in [4.69, 9.17) is 4.74 Å². The first-order valence-electron chi connectivity index (χ1n) is 11.5. The highest BCUT2D eigenvalue weighted by Gasteiger charge is 2.34. The Labute approximate surface area is 196 Å². The molecule has 0 unspecified atom stereocenters. The van der Waals surface area contributed by atoms with Gasteiger partial charge in [0.25, 0.3) is 0 Å². The first kappa shape index (κ1) is 25.3. The van der Waals surface area contributed by atoms with Crippen molar-refractivity contribution in [3.8, 4) is 0 Å². The highest BCUT2D eigenvalue weighted by Crippen LogP contribution is 2.34. The van der Waals surface area contributed by atoms with E-state index in [-0.39, 0.29) is 22.0 Å². The van der Waals surface area contributed by atoms with Gasteiger partial charge < -0.3 is 10.1 Å². The van der Waals surface area contributed by atoms with Crippen molar-refractivity contribution in [2.24, 2.45) is 0 Å². The fraction of sp³-hybridized carbons (Fsp3) is 0.480. The molecule has 0 saturated carbocycles. The smallest absolute Gasteiger partial charge is 0.243 e. The Morgan fingerprint density at radius 1 is 1.03 bits per heavy atom. The molecule has 1 aliphatic heterocycles. The summed E-state index contributed by atoms with van der Waals surface area (Å²) in [5.74, 6) is -0.344. The van der Waals surface area contributed by atoms with E-state index in [1.54, 1.807) is 36.4 Å². The van der Waals surface area contributed by atoms with Gasteiger partial charge in [-0.15, -0.1) is 0 Å². The molecule has 1 amide bonds. The summed E-state index contributed by atoms with van der Waals surface area (Å²) in [5, 5.41) is 3.05. The van der Waals surface area contributed by atoms with Crippen LogP contribution in [-0.4, -0.2) is 51.5 Å². The Hall–Kier alpha value is -2.29. The minimum atomic E-state index is -3.49. The maximum atomic E-state index is 13.4. The topological polar surface area (TPSA) is 75.7 Å². The van der Waals surface area contributed by atoms with E-state index in [1.807, 2.05) is 13.8 Å². The number of amides is 1. The number of carbonyl (C=O) groups excluding carboxylic acids is 1. The molecule has 2 aromatic carbocycles. The molecule has 1 N–H and O–H groups in total. The Kier molecular flexibility index (Phi) is 8.62. The van der Waals surface area contributed by atoms with Crippen LogP contribution in [0.2, 0.25) is 0 Å². The largest absolute Gasteiger partial charge is 0.381 e. The number of nitrogens with zero attached hydrogens (tertiary/aromatic N) is 1. The molecule has 1 saturated heterocycles. The van der Waals surface area contributed by atoms with Crippen molar-refractivity contribution < 1.29 is 22.3 Å². The van der Waals surface area contributed by atoms with E-state index in [2.05, 4.69) is 5.32 Å². The Bertz CT molecular complexity index is 1010. The standard InChI is InChI=1S/C25H33FN2O4S/c1-3-28(4-2)33(30,31)23-12-5-20(6-13-23)7-14-24(29)27-19-25(15-17-32-18-16-25)21-8-10-22(26)11-9-21/h5-6,8-13H,3-4,7,14-19H2,1-2H3,(H,27,29). The predicted molar refractivity (Wildman–Crippen MR) is 126 cm³/mol. The van der Waals surface area contributed by atoms with Crippen LogP contribution in [0, 0.1) is 5.82 Å². The third-order valence-electron chi connectivity index (χ3n) is 6.44. The number of hydrogen-bond donors (Lipinski definition) is 1. The molecule has 0 bridgehead atoms. The fourth-order valence-electron chi connectivity index (χ4n) is 4.29. The third-order valence-corrected chi connectivity index (χ3v) is 8.50. The summed E-state index contributed by atoms with van der Waals surface area (Å²) in [5.41, 5.74) is 1.66. The zero-order valence-electron chi connectivity index (χ0n) is 19.3. The molecule has 3 rings (SSSR count). The van der Waals surface area contributed by atoms with E-state index >= 15 is 0 Å². The lowest BCUT2D eigenvalue weighted by Gasteiger charge is -2.38. The van der Waals surface area contributed by atoms with Gasteiger partial charge in [-0.25, -0.2) is 12.8 Å². The highest BCUT2D eigenvalue weighted by molar-refractivity contribution is 7.89. The minimum absolute atomic E-state index is 0.0668. The van der Waals surface area contributed by atoms with Crippen molar-refractivity contribution in [1.82, 2.24) is 9.62 Å². The average Bonchev–Trinajstić information content (AvgIpc) is 2.83. The third kappa shape index (κ3) is 6.19. The molecule has 8 heteroatoms. The van der Waals surface area contributed by atoms with E-state index in [0.29, 0.717) is 45.7 Å². The molecule has 180 valence electrons. The van der Waals surface area contributed by atoms with Crippen molar-refractivity contribution in [1.29, 1.82) is 0 Å². The van der Waals surface area contributed by atoms with Gasteiger partial charge in [-0.1, -0.05) is 38.1 Å². The van der Waals surface area contributed by atoms with E-state index < -0.39 is 10.0 Å². The molecule has 1 heterocycles. The molecule has 0 atom stereocenters. The van der Waals surface area contributed by atoms with E-state index in [0.717, 1.165) is 24.0 Å². The van der Waals surface area contributed by atoms with Crippen LogP contribution in [0.3, 0.4) is 0 Å². The molecule has 6 nitrogen and oxygen atoms in total. The second kappa shape index (κ2) is 11.2. The molecule has 1 fully saturated rings. The Morgan fingerprint density at radius 3 is 2.21 bits per heavy atom. The van der Waals surface area contributed by atoms with Gasteiger partial charge in [-0.3, -0.25) is 4.79 Å². The van der Waals surface area contributed by atoms with Crippen molar-refractivity contribution in [2.45, 2.75) is 49.8 Å². The van der Waals surface area contributed by atoms with Gasteiger partial charge in [-0.2, -0.15) is 4.31 Å². The molecule has 0 aliphatic carbocycles. The zero-order valence-corrected chi connectivity index (χ0v) is 20.2. The van der Waals surface area contributed by atoms with Gasteiger partial charge in [0.1, 0.15) is 5.82 Å². The van der Waals surface area contributed by atoms with E-state index in [9.17, 15) is 17.6 Å². The number of hydrogen-bond acceptors (Lipinski definition) is 4. The number of benzene rings is 2. The fourth-order valence-corrected chi connectivity index (χ4v) is 5.75. The van der Waals surface area contributed by atoms with Gasteiger partial charge in [0.15, 0.2) is 0 Å². The minimum Gasteiger partial charge on any atom is -0.381 e. The lowest BCUT2D eigenvalue weighted by molar-refractivity contribution is -0.121. The summed E-state index contributed by atoms with van der Waals surface area (Å²) in [6.07, 6.45) is 2.35. The monoisotopic (exact) mass is 476 g/mol. The van der Waals surface area contributed by atoms with Crippen molar-refractivity contribution >= 4 is 15.9 Å². The van der Waals surface area contributed by atoms with Gasteiger partial charge in [-0.05, 0) is 54.7 Å². The summed E-state index contributed by atoms with van der Waals surface area (Å²) in [7, 11) is -3.49. The Morgan fingerprint density at radius 2 is 1.64 bits per heavy atom. The SMILES string of the molecule is CCN(CC)S(=O)(=O)c1ccc(CCC(=O)NCC2(c3ccc(F)cc3)CCOCC2)cc1. The molecular formula is C25H33FN2O4S. The van der Waals surface area contributed by atoms with E-state index in [1.165, 1.54) is 16.4 Å². The predicted octanol–water partition coefficient (Wildman–Crippen LogP) is 3.65. The summed E-state index contributed by atoms with van der Waals surface area (Å²) < 4.78 is 45.5. The molecular weight excluding hydrogens is 443 g/mol. The normalized spacial score (nSPS) is 16.0. The van der Waals surface area contributed by atoms with Crippen molar-refractivity contribution in [3.63, 3.8) is 0 Å². The zero-order chi connectivity index (χ0) is 23.9. The summed E-state index contributed by atoms with van der Waals surface area (Å²) in [6, 6.07) is 13.2. The van der Waals surface area contributed by atoms with Crippen molar-refractivity contribution in [3.05, 3.63) is 65.5 Å². The maximum absolute atomic E-state index is 13.4. The van der Waals surface area contributed by atoms with Crippen LogP contribution in [-0.2, 0) is 31.4 Å². The summed E-state index contributed by atoms with van der Waals surface area (Å²) in [4.78, 5) is 12.8.